The fourth-order valence-electron chi connectivity index (χ4n) is 2.30. The molecule has 1 aromatic rings. The molecular formula is C13H18BrN3O2. The van der Waals surface area contributed by atoms with Gasteiger partial charge in [-0.1, -0.05) is 0 Å². The van der Waals surface area contributed by atoms with Gasteiger partial charge in [0, 0.05) is 23.8 Å². The van der Waals surface area contributed by atoms with Gasteiger partial charge in [0.15, 0.2) is 5.82 Å². The van der Waals surface area contributed by atoms with Crippen LogP contribution >= 0.6 is 15.9 Å². The van der Waals surface area contributed by atoms with E-state index in [-0.39, 0.29) is 11.9 Å². The fraction of sp³-hybridized carbons (Fsp3) is 0.538. The number of piperidine rings is 1. The minimum absolute atomic E-state index is 0.00729. The first-order chi connectivity index (χ1) is 9.11. The van der Waals surface area contributed by atoms with Gasteiger partial charge in [-0.3, -0.25) is 4.79 Å². The molecule has 5 nitrogen and oxygen atoms in total. The van der Waals surface area contributed by atoms with Gasteiger partial charge in [0.1, 0.15) is 0 Å². The maximum absolute atomic E-state index is 11.7. The molecule has 0 saturated carbocycles. The number of hydrogen-bond donors (Lipinski definition) is 1. The molecule has 2 rings (SSSR count). The molecule has 104 valence electrons. The van der Waals surface area contributed by atoms with Crippen LogP contribution in [0.2, 0.25) is 0 Å². The van der Waals surface area contributed by atoms with Gasteiger partial charge in [-0.2, -0.15) is 0 Å². The summed E-state index contributed by atoms with van der Waals surface area (Å²) >= 11 is 3.34. The quantitative estimate of drug-likeness (QED) is 0.862. The molecule has 0 bridgehead atoms. The highest BCUT2D eigenvalue weighted by atomic mass is 79.9. The van der Waals surface area contributed by atoms with Crippen molar-refractivity contribution in [1.82, 2.24) is 4.98 Å². The Bertz CT molecular complexity index is 459. The maximum Gasteiger partial charge on any atom is 0.309 e. The number of hydrogen-bond acceptors (Lipinski definition) is 5. The first-order valence-electron chi connectivity index (χ1n) is 6.44. The van der Waals surface area contributed by atoms with Gasteiger partial charge in [0.05, 0.1) is 18.2 Å². The fourth-order valence-corrected chi connectivity index (χ4v) is 2.65. The predicted octanol–water partition coefficient (Wildman–Crippen LogP) is 2.21. The van der Waals surface area contributed by atoms with E-state index in [0.717, 1.165) is 36.2 Å². The monoisotopic (exact) mass is 327 g/mol. The lowest BCUT2D eigenvalue weighted by Gasteiger charge is -2.32. The van der Waals surface area contributed by atoms with Crippen LogP contribution in [0, 0.1) is 5.92 Å². The van der Waals surface area contributed by atoms with Crippen molar-refractivity contribution < 1.29 is 9.53 Å². The Balaban J connectivity index is 1.98. The van der Waals surface area contributed by atoms with Crippen LogP contribution < -0.4 is 10.6 Å². The van der Waals surface area contributed by atoms with Crippen LogP contribution in [0.25, 0.3) is 0 Å². The number of pyridine rings is 1. The second-order valence-corrected chi connectivity index (χ2v) is 5.50. The molecule has 1 aliphatic heterocycles. The average molecular weight is 328 g/mol. The van der Waals surface area contributed by atoms with Crippen molar-refractivity contribution in [3.05, 3.63) is 16.7 Å². The number of nitrogens with two attached hydrogens (primary N) is 1. The summed E-state index contributed by atoms with van der Waals surface area (Å²) in [6.45, 7) is 3.84. The van der Waals surface area contributed by atoms with E-state index in [2.05, 4.69) is 25.8 Å². The van der Waals surface area contributed by atoms with Crippen LogP contribution in [0.1, 0.15) is 19.8 Å². The van der Waals surface area contributed by atoms with Crippen LogP contribution in [0.3, 0.4) is 0 Å². The number of esters is 1. The molecule has 2 heterocycles. The van der Waals surface area contributed by atoms with E-state index in [0.29, 0.717) is 12.3 Å². The number of ether oxygens (including phenoxy) is 1. The van der Waals surface area contributed by atoms with Crippen molar-refractivity contribution >= 4 is 33.4 Å². The highest BCUT2D eigenvalue weighted by molar-refractivity contribution is 9.10. The van der Waals surface area contributed by atoms with Gasteiger partial charge in [-0.15, -0.1) is 0 Å². The van der Waals surface area contributed by atoms with Crippen LogP contribution in [0.15, 0.2) is 16.7 Å². The zero-order valence-electron chi connectivity index (χ0n) is 10.9. The first kappa shape index (κ1) is 14.1. The molecule has 0 radical (unpaired) electrons. The van der Waals surface area contributed by atoms with Crippen molar-refractivity contribution in [2.24, 2.45) is 5.92 Å². The predicted molar refractivity (Wildman–Crippen MR) is 77.9 cm³/mol. The van der Waals surface area contributed by atoms with E-state index in [1.807, 2.05) is 13.0 Å². The third kappa shape index (κ3) is 3.37. The van der Waals surface area contributed by atoms with Crippen molar-refractivity contribution in [2.75, 3.05) is 30.3 Å². The molecule has 1 aromatic heterocycles. The van der Waals surface area contributed by atoms with Crippen LogP contribution in [0.4, 0.5) is 11.5 Å². The maximum atomic E-state index is 11.7. The summed E-state index contributed by atoms with van der Waals surface area (Å²) in [4.78, 5) is 18.1. The molecule has 19 heavy (non-hydrogen) atoms. The molecule has 0 aliphatic carbocycles. The number of nitrogens with zero attached hydrogens (tertiary/aromatic N) is 2. The molecule has 1 saturated heterocycles. The summed E-state index contributed by atoms with van der Waals surface area (Å²) in [6, 6.07) is 1.85. The smallest absolute Gasteiger partial charge is 0.309 e. The molecular weight excluding hydrogens is 310 g/mol. The van der Waals surface area contributed by atoms with Gasteiger partial charge in [-0.25, -0.2) is 4.98 Å². The molecule has 0 amide bonds. The second-order valence-electron chi connectivity index (χ2n) is 4.58. The second kappa shape index (κ2) is 6.23. The van der Waals surface area contributed by atoms with Crippen molar-refractivity contribution in [1.29, 1.82) is 0 Å². The van der Waals surface area contributed by atoms with Crippen molar-refractivity contribution in [3.63, 3.8) is 0 Å². The summed E-state index contributed by atoms with van der Waals surface area (Å²) in [6.07, 6.45) is 3.31. The van der Waals surface area contributed by atoms with E-state index in [1.165, 1.54) is 0 Å². The highest BCUT2D eigenvalue weighted by Gasteiger charge is 2.27. The number of aromatic nitrogens is 1. The Morgan fingerprint density at radius 1 is 1.58 bits per heavy atom. The summed E-state index contributed by atoms with van der Waals surface area (Å²) in [7, 11) is 0. The first-order valence-corrected chi connectivity index (χ1v) is 7.23. The van der Waals surface area contributed by atoms with Gasteiger partial charge in [-0.05, 0) is 41.8 Å². The lowest BCUT2D eigenvalue weighted by atomic mass is 9.97. The summed E-state index contributed by atoms with van der Waals surface area (Å²) in [5, 5.41) is 0. The minimum Gasteiger partial charge on any atom is -0.466 e. The SMILES string of the molecule is CCOC(=O)C1CCN(c2ncc(Br)cc2N)CC1. The largest absolute Gasteiger partial charge is 0.466 e. The normalized spacial score (nSPS) is 16.4. The van der Waals surface area contributed by atoms with Crippen molar-refractivity contribution in [3.8, 4) is 0 Å². The van der Waals surface area contributed by atoms with Crippen LogP contribution in [-0.4, -0.2) is 30.6 Å². The number of halogens is 1. The molecule has 1 fully saturated rings. The molecule has 2 N–H and O–H groups in total. The van der Waals surface area contributed by atoms with E-state index in [9.17, 15) is 4.79 Å². The van der Waals surface area contributed by atoms with Crippen LogP contribution in [-0.2, 0) is 9.53 Å². The molecule has 0 atom stereocenters. The van der Waals surface area contributed by atoms with Gasteiger partial charge >= 0.3 is 5.97 Å². The molecule has 6 heteroatoms. The van der Waals surface area contributed by atoms with Gasteiger partial charge in [0.25, 0.3) is 0 Å². The van der Waals surface area contributed by atoms with Crippen molar-refractivity contribution in [2.45, 2.75) is 19.8 Å². The average Bonchev–Trinajstić information content (AvgIpc) is 2.39. The summed E-state index contributed by atoms with van der Waals surface area (Å²) in [5.74, 6) is 0.720. The van der Waals surface area contributed by atoms with E-state index in [1.54, 1.807) is 6.20 Å². The van der Waals surface area contributed by atoms with E-state index in [4.69, 9.17) is 10.5 Å². The number of anilines is 2. The Morgan fingerprint density at radius 2 is 2.26 bits per heavy atom. The minimum atomic E-state index is -0.0844. The standard InChI is InChI=1S/C13H18BrN3O2/c1-2-19-13(18)9-3-5-17(6-4-9)12-11(15)7-10(14)8-16-12/h7-9H,2-6,15H2,1H3. The lowest BCUT2D eigenvalue weighted by Crippen LogP contribution is -2.37. The molecule has 1 aliphatic rings. The highest BCUT2D eigenvalue weighted by Crippen LogP contribution is 2.28. The zero-order chi connectivity index (χ0) is 13.8. The van der Waals surface area contributed by atoms with Gasteiger partial charge < -0.3 is 15.4 Å². The number of carbonyl (C=O) groups is 1. The summed E-state index contributed by atoms with van der Waals surface area (Å²) < 4.78 is 5.93. The zero-order valence-corrected chi connectivity index (χ0v) is 12.5. The topological polar surface area (TPSA) is 68.5 Å². The third-order valence-corrected chi connectivity index (χ3v) is 3.71. The van der Waals surface area contributed by atoms with E-state index >= 15 is 0 Å². The molecule has 0 spiro atoms. The summed E-state index contributed by atoms with van der Waals surface area (Å²) in [5.41, 5.74) is 6.63. The number of rotatable bonds is 3. The number of carbonyl (C=O) groups excluding carboxylic acids is 1. The number of nitrogen functional groups attached to an aromatic ring is 1. The Kier molecular flexibility index (Phi) is 4.63. The third-order valence-electron chi connectivity index (χ3n) is 3.28. The van der Waals surface area contributed by atoms with Gasteiger partial charge in [0.2, 0.25) is 0 Å². The lowest BCUT2D eigenvalue weighted by molar-refractivity contribution is -0.148. The molecule has 0 aromatic carbocycles. The Morgan fingerprint density at radius 3 is 2.84 bits per heavy atom. The van der Waals surface area contributed by atoms with E-state index < -0.39 is 0 Å². The molecule has 0 unspecified atom stereocenters. The van der Waals surface area contributed by atoms with Crippen LogP contribution in [0.5, 0.6) is 0 Å². The Hall–Kier alpha value is -1.30. The Labute approximate surface area is 121 Å².